The van der Waals surface area contributed by atoms with Crippen LogP contribution in [0.2, 0.25) is 0 Å². The molecule has 0 aromatic heterocycles. The molecule has 1 aliphatic carbocycles. The molecule has 0 fully saturated rings. The molecule has 0 aliphatic heterocycles. The van der Waals surface area contributed by atoms with E-state index in [1.165, 1.54) is 11.1 Å². The van der Waals surface area contributed by atoms with Crippen LogP contribution in [0.3, 0.4) is 0 Å². The van der Waals surface area contributed by atoms with Crippen LogP contribution >= 0.6 is 0 Å². The Balaban J connectivity index is 2.21. The van der Waals surface area contributed by atoms with E-state index < -0.39 is 0 Å². The molecule has 0 bridgehead atoms. The Bertz CT molecular complexity index is 311. The quantitative estimate of drug-likeness (QED) is 0.659. The van der Waals surface area contributed by atoms with E-state index in [4.69, 9.17) is 0 Å². The molecule has 1 nitrogen and oxygen atoms in total. The lowest BCUT2D eigenvalue weighted by atomic mass is 10.1. The standard InChI is InChI=1S/C11H12O/c1-8-7-10(8)11(12)9-5-3-2-4-6-9/h2-6,11-12H,7H2,1H3/t11-/m0/s1. The molecule has 1 atom stereocenters. The zero-order chi connectivity index (χ0) is 8.55. The highest BCUT2D eigenvalue weighted by atomic mass is 16.3. The van der Waals surface area contributed by atoms with E-state index in [9.17, 15) is 5.11 Å². The van der Waals surface area contributed by atoms with Crippen molar-refractivity contribution in [3.8, 4) is 0 Å². The van der Waals surface area contributed by atoms with E-state index in [0.29, 0.717) is 0 Å². The Morgan fingerprint density at radius 3 is 2.33 bits per heavy atom. The first-order valence-electron chi connectivity index (χ1n) is 4.20. The maximum Gasteiger partial charge on any atom is 0.101 e. The number of hydrogen-bond acceptors (Lipinski definition) is 1. The highest BCUT2D eigenvalue weighted by Crippen LogP contribution is 2.40. The maximum absolute atomic E-state index is 9.77. The summed E-state index contributed by atoms with van der Waals surface area (Å²) < 4.78 is 0. The number of allylic oxidation sites excluding steroid dienone is 1. The monoisotopic (exact) mass is 160 g/mol. The predicted molar refractivity (Wildman–Crippen MR) is 48.7 cm³/mol. The van der Waals surface area contributed by atoms with Gasteiger partial charge in [-0.3, -0.25) is 0 Å². The largest absolute Gasteiger partial charge is 0.384 e. The SMILES string of the molecule is CC1=C([C@@H](O)c2ccccc2)C1. The summed E-state index contributed by atoms with van der Waals surface area (Å²) in [5.41, 5.74) is 3.54. The van der Waals surface area contributed by atoms with Gasteiger partial charge in [0.1, 0.15) is 6.10 Å². The molecule has 1 aromatic rings. The second-order valence-electron chi connectivity index (χ2n) is 3.30. The third kappa shape index (κ3) is 1.28. The van der Waals surface area contributed by atoms with Crippen LogP contribution in [0, 0.1) is 0 Å². The summed E-state index contributed by atoms with van der Waals surface area (Å²) in [6.45, 7) is 2.07. The van der Waals surface area contributed by atoms with Crippen molar-refractivity contribution >= 4 is 0 Å². The van der Waals surface area contributed by atoms with Gasteiger partial charge in [-0.15, -0.1) is 0 Å². The summed E-state index contributed by atoms with van der Waals surface area (Å²) in [6, 6.07) is 9.80. The van der Waals surface area contributed by atoms with Gasteiger partial charge in [-0.1, -0.05) is 35.9 Å². The number of aliphatic hydroxyl groups excluding tert-OH is 1. The molecule has 1 aromatic carbocycles. The molecule has 0 saturated heterocycles. The average Bonchev–Trinajstić information content (AvgIpc) is 2.83. The summed E-state index contributed by atoms with van der Waals surface area (Å²) >= 11 is 0. The molecular formula is C11H12O. The van der Waals surface area contributed by atoms with Crippen molar-refractivity contribution in [1.82, 2.24) is 0 Å². The third-order valence-corrected chi connectivity index (χ3v) is 2.32. The van der Waals surface area contributed by atoms with E-state index in [2.05, 4.69) is 6.92 Å². The summed E-state index contributed by atoms with van der Waals surface area (Å²) in [5.74, 6) is 0. The Morgan fingerprint density at radius 1 is 1.25 bits per heavy atom. The number of benzene rings is 1. The zero-order valence-corrected chi connectivity index (χ0v) is 7.12. The van der Waals surface area contributed by atoms with Crippen LogP contribution in [0.5, 0.6) is 0 Å². The highest BCUT2D eigenvalue weighted by Gasteiger charge is 2.24. The van der Waals surface area contributed by atoms with E-state index in [1.807, 2.05) is 30.3 Å². The normalized spacial score (nSPS) is 17.8. The van der Waals surface area contributed by atoms with E-state index in [1.54, 1.807) is 0 Å². The van der Waals surface area contributed by atoms with Crippen molar-refractivity contribution in [3.63, 3.8) is 0 Å². The third-order valence-electron chi connectivity index (χ3n) is 2.32. The van der Waals surface area contributed by atoms with Crippen LogP contribution in [0.25, 0.3) is 0 Å². The Morgan fingerprint density at radius 2 is 1.83 bits per heavy atom. The Labute approximate surface area is 72.4 Å². The van der Waals surface area contributed by atoms with Crippen molar-refractivity contribution < 1.29 is 5.11 Å². The fourth-order valence-corrected chi connectivity index (χ4v) is 1.41. The van der Waals surface area contributed by atoms with Gasteiger partial charge in [-0.05, 0) is 24.5 Å². The van der Waals surface area contributed by atoms with Gasteiger partial charge in [0.2, 0.25) is 0 Å². The molecule has 1 heteroatoms. The van der Waals surface area contributed by atoms with Crippen LogP contribution < -0.4 is 0 Å². The van der Waals surface area contributed by atoms with E-state index in [-0.39, 0.29) is 6.10 Å². The molecule has 0 unspecified atom stereocenters. The van der Waals surface area contributed by atoms with Gasteiger partial charge in [0.15, 0.2) is 0 Å². The molecule has 62 valence electrons. The number of rotatable bonds is 2. The van der Waals surface area contributed by atoms with Crippen LogP contribution in [0.4, 0.5) is 0 Å². The van der Waals surface area contributed by atoms with Crippen molar-refractivity contribution in [2.45, 2.75) is 19.4 Å². The summed E-state index contributed by atoms with van der Waals surface area (Å²) in [6.07, 6.45) is 0.655. The highest BCUT2D eigenvalue weighted by molar-refractivity contribution is 5.40. The number of hydrogen-bond donors (Lipinski definition) is 1. The molecule has 12 heavy (non-hydrogen) atoms. The minimum atomic E-state index is -0.355. The fraction of sp³-hybridized carbons (Fsp3) is 0.273. The lowest BCUT2D eigenvalue weighted by Crippen LogP contribution is -1.93. The van der Waals surface area contributed by atoms with Crippen molar-refractivity contribution in [1.29, 1.82) is 0 Å². The van der Waals surface area contributed by atoms with Gasteiger partial charge >= 0.3 is 0 Å². The lowest BCUT2D eigenvalue weighted by molar-refractivity contribution is 0.220. The summed E-state index contributed by atoms with van der Waals surface area (Å²) in [7, 11) is 0. The van der Waals surface area contributed by atoms with Crippen molar-refractivity contribution in [3.05, 3.63) is 47.0 Å². The number of aliphatic hydroxyl groups is 1. The Hall–Kier alpha value is -1.08. The van der Waals surface area contributed by atoms with Crippen LogP contribution in [0.1, 0.15) is 25.0 Å². The maximum atomic E-state index is 9.77. The Kier molecular flexibility index (Phi) is 1.74. The second-order valence-corrected chi connectivity index (χ2v) is 3.30. The molecule has 0 radical (unpaired) electrons. The van der Waals surface area contributed by atoms with Crippen LogP contribution in [-0.4, -0.2) is 5.11 Å². The van der Waals surface area contributed by atoms with Gasteiger partial charge in [0, 0.05) is 0 Å². The molecule has 0 heterocycles. The molecule has 2 rings (SSSR count). The first-order valence-corrected chi connectivity index (χ1v) is 4.20. The van der Waals surface area contributed by atoms with E-state index >= 15 is 0 Å². The van der Waals surface area contributed by atoms with Gasteiger partial charge in [-0.2, -0.15) is 0 Å². The van der Waals surface area contributed by atoms with Crippen LogP contribution in [0.15, 0.2) is 41.5 Å². The minimum absolute atomic E-state index is 0.355. The van der Waals surface area contributed by atoms with E-state index in [0.717, 1.165) is 12.0 Å². The first kappa shape index (κ1) is 7.56. The minimum Gasteiger partial charge on any atom is -0.384 e. The first-order chi connectivity index (χ1) is 5.79. The fourth-order valence-electron chi connectivity index (χ4n) is 1.41. The lowest BCUT2D eigenvalue weighted by Gasteiger charge is -2.05. The molecule has 0 saturated carbocycles. The average molecular weight is 160 g/mol. The van der Waals surface area contributed by atoms with Crippen LogP contribution in [-0.2, 0) is 0 Å². The molecular weight excluding hydrogens is 148 g/mol. The summed E-state index contributed by atoms with van der Waals surface area (Å²) in [5, 5.41) is 9.77. The van der Waals surface area contributed by atoms with Gasteiger partial charge in [0.05, 0.1) is 0 Å². The second kappa shape index (κ2) is 2.76. The summed E-state index contributed by atoms with van der Waals surface area (Å²) in [4.78, 5) is 0. The molecule has 1 aliphatic rings. The topological polar surface area (TPSA) is 20.2 Å². The smallest absolute Gasteiger partial charge is 0.101 e. The van der Waals surface area contributed by atoms with Gasteiger partial charge in [-0.25, -0.2) is 0 Å². The molecule has 0 spiro atoms. The predicted octanol–water partition coefficient (Wildman–Crippen LogP) is 2.44. The molecule has 1 N–H and O–H groups in total. The van der Waals surface area contributed by atoms with Crippen molar-refractivity contribution in [2.24, 2.45) is 0 Å². The molecule has 0 amide bonds. The van der Waals surface area contributed by atoms with Crippen molar-refractivity contribution in [2.75, 3.05) is 0 Å². The van der Waals surface area contributed by atoms with Gasteiger partial charge < -0.3 is 5.11 Å². The van der Waals surface area contributed by atoms with Gasteiger partial charge in [0.25, 0.3) is 0 Å². The zero-order valence-electron chi connectivity index (χ0n) is 7.12.